The minimum Gasteiger partial charge on any atom is -0.457 e. The number of anilines is 1. The zero-order chi connectivity index (χ0) is 18.7. The van der Waals surface area contributed by atoms with Gasteiger partial charge in [0.25, 0.3) is 5.91 Å². The lowest BCUT2D eigenvalue weighted by Crippen LogP contribution is -2.12. The van der Waals surface area contributed by atoms with Crippen LogP contribution in [0.3, 0.4) is 0 Å². The summed E-state index contributed by atoms with van der Waals surface area (Å²) in [6.45, 7) is 1.74. The summed E-state index contributed by atoms with van der Waals surface area (Å²) in [7, 11) is -3.28. The van der Waals surface area contributed by atoms with Gasteiger partial charge < -0.3 is 4.74 Å². The zero-order valence-corrected chi connectivity index (χ0v) is 15.6. The van der Waals surface area contributed by atoms with Gasteiger partial charge in [-0.2, -0.15) is 4.37 Å². The Labute approximate surface area is 154 Å². The maximum Gasteiger partial charge on any atom is 0.261 e. The van der Waals surface area contributed by atoms with Crippen LogP contribution in [0.1, 0.15) is 16.2 Å². The molecule has 0 atom stereocenters. The van der Waals surface area contributed by atoms with E-state index in [-0.39, 0.29) is 10.8 Å². The number of para-hydroxylation sites is 1. The number of hydrogen-bond donors (Lipinski definition) is 1. The number of ether oxygens (including phenoxy) is 1. The van der Waals surface area contributed by atoms with Crippen molar-refractivity contribution in [1.29, 1.82) is 0 Å². The molecule has 2 aromatic carbocycles. The van der Waals surface area contributed by atoms with Crippen molar-refractivity contribution in [2.75, 3.05) is 11.6 Å². The van der Waals surface area contributed by atoms with Crippen molar-refractivity contribution in [3.63, 3.8) is 0 Å². The number of carbonyl (C=O) groups is 1. The first-order valence-corrected chi connectivity index (χ1v) is 10.2. The van der Waals surface area contributed by atoms with Crippen LogP contribution in [0.25, 0.3) is 0 Å². The standard InChI is InChI=1S/C17H15N3O4S2/c1-11-18-17(25-20-11)19-16(21)14-5-3-4-6-15(14)24-12-7-9-13(10-8-12)26(2,22)23/h3-10H,1-2H3,(H,18,19,20,21). The summed E-state index contributed by atoms with van der Waals surface area (Å²) in [5, 5.41) is 3.08. The Morgan fingerprint density at radius 1 is 1.12 bits per heavy atom. The van der Waals surface area contributed by atoms with Gasteiger partial charge in [-0.05, 0) is 43.3 Å². The van der Waals surface area contributed by atoms with Crippen LogP contribution in [0.5, 0.6) is 11.5 Å². The predicted molar refractivity (Wildman–Crippen MR) is 98.7 cm³/mol. The lowest BCUT2D eigenvalue weighted by Gasteiger charge is -2.11. The highest BCUT2D eigenvalue weighted by molar-refractivity contribution is 7.90. The molecule has 134 valence electrons. The molecule has 0 saturated carbocycles. The normalized spacial score (nSPS) is 11.2. The second-order valence-corrected chi connectivity index (χ2v) is 8.21. The van der Waals surface area contributed by atoms with Crippen LogP contribution in [-0.4, -0.2) is 29.9 Å². The molecule has 0 aliphatic heterocycles. The summed E-state index contributed by atoms with van der Waals surface area (Å²) in [6, 6.07) is 12.7. The monoisotopic (exact) mass is 389 g/mol. The molecule has 9 heteroatoms. The van der Waals surface area contributed by atoms with Gasteiger partial charge in [0.15, 0.2) is 9.84 Å². The quantitative estimate of drug-likeness (QED) is 0.719. The fourth-order valence-electron chi connectivity index (χ4n) is 2.14. The molecule has 0 fully saturated rings. The van der Waals surface area contributed by atoms with Crippen molar-refractivity contribution < 1.29 is 17.9 Å². The van der Waals surface area contributed by atoms with E-state index < -0.39 is 9.84 Å². The highest BCUT2D eigenvalue weighted by Crippen LogP contribution is 2.27. The van der Waals surface area contributed by atoms with E-state index in [0.717, 1.165) is 17.8 Å². The number of sulfone groups is 1. The molecule has 0 radical (unpaired) electrons. The third-order valence-electron chi connectivity index (χ3n) is 3.36. The molecular weight excluding hydrogens is 374 g/mol. The number of benzene rings is 2. The van der Waals surface area contributed by atoms with Crippen molar-refractivity contribution in [2.24, 2.45) is 0 Å². The van der Waals surface area contributed by atoms with E-state index in [1.165, 1.54) is 12.1 Å². The van der Waals surface area contributed by atoms with Gasteiger partial charge in [-0.25, -0.2) is 13.4 Å². The van der Waals surface area contributed by atoms with Crippen LogP contribution in [0.4, 0.5) is 5.13 Å². The van der Waals surface area contributed by atoms with Crippen molar-refractivity contribution >= 4 is 32.4 Å². The second-order valence-electron chi connectivity index (χ2n) is 5.44. The average Bonchev–Trinajstić information content (AvgIpc) is 3.00. The molecule has 0 aliphatic carbocycles. The number of nitrogens with one attached hydrogen (secondary N) is 1. The predicted octanol–water partition coefficient (Wildman–Crippen LogP) is 3.29. The van der Waals surface area contributed by atoms with E-state index in [1.807, 2.05) is 0 Å². The molecule has 26 heavy (non-hydrogen) atoms. The molecule has 3 aromatic rings. The van der Waals surface area contributed by atoms with Gasteiger partial charge in [-0.15, -0.1) is 0 Å². The summed E-state index contributed by atoms with van der Waals surface area (Å²) in [4.78, 5) is 16.8. The Hall–Kier alpha value is -2.78. The molecule has 1 N–H and O–H groups in total. The van der Waals surface area contributed by atoms with E-state index in [4.69, 9.17) is 4.74 Å². The molecule has 1 aromatic heterocycles. The largest absolute Gasteiger partial charge is 0.457 e. The Morgan fingerprint density at radius 2 is 1.81 bits per heavy atom. The zero-order valence-electron chi connectivity index (χ0n) is 14.0. The third-order valence-corrected chi connectivity index (χ3v) is 5.21. The fourth-order valence-corrected chi connectivity index (χ4v) is 3.34. The highest BCUT2D eigenvalue weighted by Gasteiger charge is 2.15. The fraction of sp³-hybridized carbons (Fsp3) is 0.118. The van der Waals surface area contributed by atoms with Crippen LogP contribution in [0.15, 0.2) is 53.4 Å². The van der Waals surface area contributed by atoms with E-state index in [2.05, 4.69) is 14.7 Å². The molecule has 7 nitrogen and oxygen atoms in total. The lowest BCUT2D eigenvalue weighted by atomic mass is 10.2. The molecule has 0 saturated heterocycles. The van der Waals surface area contributed by atoms with Crippen LogP contribution in [-0.2, 0) is 9.84 Å². The molecular formula is C17H15N3O4S2. The van der Waals surface area contributed by atoms with Crippen molar-refractivity contribution in [3.8, 4) is 11.5 Å². The van der Waals surface area contributed by atoms with Crippen LogP contribution < -0.4 is 10.1 Å². The molecule has 3 rings (SSSR count). The summed E-state index contributed by atoms with van der Waals surface area (Å²) >= 11 is 1.10. The maximum absolute atomic E-state index is 12.5. The van der Waals surface area contributed by atoms with Gasteiger partial charge in [0, 0.05) is 17.8 Å². The van der Waals surface area contributed by atoms with Crippen LogP contribution in [0.2, 0.25) is 0 Å². The number of nitrogens with zero attached hydrogens (tertiary/aromatic N) is 2. The van der Waals surface area contributed by atoms with Gasteiger partial charge >= 0.3 is 0 Å². The first-order chi connectivity index (χ1) is 12.3. The maximum atomic E-state index is 12.5. The molecule has 1 heterocycles. The Morgan fingerprint density at radius 3 is 2.42 bits per heavy atom. The van der Waals surface area contributed by atoms with E-state index in [1.54, 1.807) is 43.3 Å². The summed E-state index contributed by atoms with van der Waals surface area (Å²) in [5.41, 5.74) is 0.326. The number of hydrogen-bond acceptors (Lipinski definition) is 7. The van der Waals surface area contributed by atoms with Crippen molar-refractivity contribution in [1.82, 2.24) is 9.36 Å². The molecule has 0 spiro atoms. The molecule has 0 bridgehead atoms. The number of carbonyl (C=O) groups excluding carboxylic acids is 1. The van der Waals surface area contributed by atoms with Crippen molar-refractivity contribution in [2.45, 2.75) is 11.8 Å². The van der Waals surface area contributed by atoms with Gasteiger partial charge in [0.1, 0.15) is 17.3 Å². The number of amides is 1. The lowest BCUT2D eigenvalue weighted by molar-refractivity contribution is 0.102. The Bertz CT molecular complexity index is 1040. The SMILES string of the molecule is Cc1nsc(NC(=O)c2ccccc2Oc2ccc(S(C)(=O)=O)cc2)n1. The van der Waals surface area contributed by atoms with Gasteiger partial charge in [-0.1, -0.05) is 12.1 Å². The summed E-state index contributed by atoms with van der Waals surface area (Å²) in [6.07, 6.45) is 1.14. The second kappa shape index (κ2) is 7.22. The van der Waals surface area contributed by atoms with Crippen LogP contribution >= 0.6 is 11.5 Å². The Balaban J connectivity index is 1.82. The molecule has 0 aliphatic rings. The highest BCUT2D eigenvalue weighted by atomic mass is 32.2. The average molecular weight is 389 g/mol. The number of aryl methyl sites for hydroxylation is 1. The number of rotatable bonds is 5. The van der Waals surface area contributed by atoms with Gasteiger partial charge in [0.05, 0.1) is 10.5 Å². The van der Waals surface area contributed by atoms with Gasteiger partial charge in [0.2, 0.25) is 5.13 Å². The van der Waals surface area contributed by atoms with Crippen molar-refractivity contribution in [3.05, 3.63) is 59.9 Å². The van der Waals surface area contributed by atoms with Crippen LogP contribution in [0, 0.1) is 6.92 Å². The van der Waals surface area contributed by atoms with E-state index in [9.17, 15) is 13.2 Å². The minimum atomic E-state index is -3.28. The third kappa shape index (κ3) is 4.24. The minimum absolute atomic E-state index is 0.197. The molecule has 1 amide bonds. The summed E-state index contributed by atoms with van der Waals surface area (Å²) < 4.78 is 32.8. The molecule has 0 unspecified atom stereocenters. The summed E-state index contributed by atoms with van der Waals surface area (Å²) in [5.74, 6) is 0.980. The first-order valence-electron chi connectivity index (χ1n) is 7.51. The van der Waals surface area contributed by atoms with E-state index in [0.29, 0.717) is 28.0 Å². The first kappa shape index (κ1) is 18.0. The topological polar surface area (TPSA) is 98.2 Å². The Kier molecular flexibility index (Phi) is 5.01. The van der Waals surface area contributed by atoms with E-state index >= 15 is 0 Å². The van der Waals surface area contributed by atoms with Gasteiger partial charge in [-0.3, -0.25) is 10.1 Å². The smallest absolute Gasteiger partial charge is 0.261 e. The number of aromatic nitrogens is 2.